The van der Waals surface area contributed by atoms with Crippen LogP contribution in [-0.4, -0.2) is 51.8 Å². The number of carbonyl (C=O) groups excluding carboxylic acids is 1. The van der Waals surface area contributed by atoms with Crippen LogP contribution in [-0.2, 0) is 4.79 Å². The van der Waals surface area contributed by atoms with Gasteiger partial charge in [-0.25, -0.2) is 0 Å². The number of nitrogens with zero attached hydrogens (tertiary/aromatic N) is 6. The van der Waals surface area contributed by atoms with E-state index in [-0.39, 0.29) is 11.5 Å². The van der Waals surface area contributed by atoms with Crippen molar-refractivity contribution in [1.82, 2.24) is 19.7 Å². The Hall–Kier alpha value is -3.14. The minimum atomic E-state index is -0.166. The SMILES string of the molecule is Cc1cc(/C=C(\C#N)C(=O)N2CCC(N(C)c3cccnn3)CC2)c(C)n1C1CCCCC1. The van der Waals surface area contributed by atoms with Gasteiger partial charge < -0.3 is 14.4 Å². The van der Waals surface area contributed by atoms with Crippen molar-refractivity contribution >= 4 is 17.8 Å². The highest BCUT2D eigenvalue weighted by Gasteiger charge is 2.28. The summed E-state index contributed by atoms with van der Waals surface area (Å²) in [6, 6.07) is 8.96. The second-order valence-electron chi connectivity index (χ2n) is 9.37. The van der Waals surface area contributed by atoms with Gasteiger partial charge in [0.15, 0.2) is 5.82 Å². The Balaban J connectivity index is 1.44. The molecule has 1 saturated heterocycles. The number of piperidine rings is 1. The van der Waals surface area contributed by atoms with Gasteiger partial charge in [0, 0.05) is 49.8 Å². The van der Waals surface area contributed by atoms with Crippen LogP contribution in [0.5, 0.6) is 0 Å². The lowest BCUT2D eigenvalue weighted by atomic mass is 9.95. The Labute approximate surface area is 196 Å². The average Bonchev–Trinajstić information content (AvgIpc) is 3.15. The minimum absolute atomic E-state index is 0.166. The van der Waals surface area contributed by atoms with E-state index < -0.39 is 0 Å². The molecule has 2 aliphatic rings. The molecular formula is C26H34N6O. The molecule has 1 aliphatic heterocycles. The van der Waals surface area contributed by atoms with Gasteiger partial charge in [-0.3, -0.25) is 4.79 Å². The monoisotopic (exact) mass is 446 g/mol. The number of carbonyl (C=O) groups is 1. The summed E-state index contributed by atoms with van der Waals surface area (Å²) in [6.07, 6.45) is 11.4. The van der Waals surface area contributed by atoms with Crippen molar-refractivity contribution in [2.24, 2.45) is 0 Å². The van der Waals surface area contributed by atoms with E-state index in [1.807, 2.05) is 24.1 Å². The van der Waals surface area contributed by atoms with Crippen molar-refractivity contribution in [3.05, 3.63) is 46.9 Å². The zero-order valence-electron chi connectivity index (χ0n) is 20.0. The summed E-state index contributed by atoms with van der Waals surface area (Å²) in [4.78, 5) is 17.1. The molecule has 0 atom stereocenters. The number of rotatable bonds is 5. The molecule has 7 nitrogen and oxygen atoms in total. The van der Waals surface area contributed by atoms with Crippen molar-refractivity contribution in [2.75, 3.05) is 25.0 Å². The molecule has 0 N–H and O–H groups in total. The first kappa shape index (κ1) is 23.0. The van der Waals surface area contributed by atoms with Crippen molar-refractivity contribution in [3.8, 4) is 6.07 Å². The predicted molar refractivity (Wildman–Crippen MR) is 130 cm³/mol. The lowest BCUT2D eigenvalue weighted by molar-refractivity contribution is -0.127. The molecule has 33 heavy (non-hydrogen) atoms. The summed E-state index contributed by atoms with van der Waals surface area (Å²) >= 11 is 0. The number of anilines is 1. The van der Waals surface area contributed by atoms with E-state index in [1.54, 1.807) is 12.3 Å². The van der Waals surface area contributed by atoms with Gasteiger partial charge in [-0.1, -0.05) is 19.3 Å². The number of hydrogen-bond acceptors (Lipinski definition) is 5. The average molecular weight is 447 g/mol. The van der Waals surface area contributed by atoms with Crippen molar-refractivity contribution < 1.29 is 4.79 Å². The Morgan fingerprint density at radius 1 is 1.18 bits per heavy atom. The third-order valence-corrected chi connectivity index (χ3v) is 7.33. The highest BCUT2D eigenvalue weighted by Crippen LogP contribution is 2.33. The number of amides is 1. The van der Waals surface area contributed by atoms with Crippen molar-refractivity contribution in [1.29, 1.82) is 5.26 Å². The molecule has 2 fully saturated rings. The first-order chi connectivity index (χ1) is 16.0. The topological polar surface area (TPSA) is 78.1 Å². The Morgan fingerprint density at radius 2 is 1.91 bits per heavy atom. The second-order valence-corrected chi connectivity index (χ2v) is 9.37. The van der Waals surface area contributed by atoms with E-state index >= 15 is 0 Å². The molecule has 0 spiro atoms. The third kappa shape index (κ3) is 4.95. The van der Waals surface area contributed by atoms with Crippen LogP contribution in [0.4, 0.5) is 5.82 Å². The Kier molecular flexibility index (Phi) is 7.12. The Bertz CT molecular complexity index is 1040. The normalized spacial score (nSPS) is 18.2. The van der Waals surface area contributed by atoms with Gasteiger partial charge in [0.1, 0.15) is 11.6 Å². The maximum atomic E-state index is 13.2. The maximum absolute atomic E-state index is 13.2. The van der Waals surface area contributed by atoms with Crippen LogP contribution in [0.3, 0.4) is 0 Å². The van der Waals surface area contributed by atoms with Crippen LogP contribution in [0, 0.1) is 25.2 Å². The molecule has 0 bridgehead atoms. The summed E-state index contributed by atoms with van der Waals surface area (Å²) in [5.74, 6) is 0.675. The van der Waals surface area contributed by atoms with Gasteiger partial charge in [0.25, 0.3) is 5.91 Å². The van der Waals surface area contributed by atoms with E-state index in [1.165, 1.54) is 37.8 Å². The molecule has 174 valence electrons. The summed E-state index contributed by atoms with van der Waals surface area (Å²) in [7, 11) is 2.02. The van der Waals surface area contributed by atoms with Gasteiger partial charge >= 0.3 is 0 Å². The smallest absolute Gasteiger partial charge is 0.264 e. The summed E-state index contributed by atoms with van der Waals surface area (Å²) in [5, 5.41) is 17.9. The first-order valence-corrected chi connectivity index (χ1v) is 12.1. The van der Waals surface area contributed by atoms with Crippen LogP contribution in [0.2, 0.25) is 0 Å². The molecule has 3 heterocycles. The lowest BCUT2D eigenvalue weighted by Crippen LogP contribution is -2.46. The maximum Gasteiger partial charge on any atom is 0.264 e. The fourth-order valence-electron chi connectivity index (χ4n) is 5.44. The van der Waals surface area contributed by atoms with Crippen LogP contribution < -0.4 is 4.90 Å². The molecule has 2 aromatic rings. The molecule has 0 aromatic carbocycles. The minimum Gasteiger partial charge on any atom is -0.355 e. The molecule has 4 rings (SSSR count). The van der Waals surface area contributed by atoms with Gasteiger partial charge in [-0.15, -0.1) is 5.10 Å². The van der Waals surface area contributed by atoms with E-state index in [4.69, 9.17) is 0 Å². The zero-order valence-corrected chi connectivity index (χ0v) is 20.0. The number of likely N-dealkylation sites (tertiary alicyclic amines) is 1. The molecule has 1 aliphatic carbocycles. The van der Waals surface area contributed by atoms with E-state index in [2.05, 4.69) is 45.6 Å². The van der Waals surface area contributed by atoms with Crippen LogP contribution in [0.25, 0.3) is 6.08 Å². The van der Waals surface area contributed by atoms with Crippen molar-refractivity contribution in [3.63, 3.8) is 0 Å². The lowest BCUT2D eigenvalue weighted by Gasteiger charge is -2.37. The highest BCUT2D eigenvalue weighted by molar-refractivity contribution is 6.01. The van der Waals surface area contributed by atoms with Gasteiger partial charge in [0.05, 0.1) is 0 Å². The van der Waals surface area contributed by atoms with Gasteiger partial charge in [-0.05, 0) is 69.4 Å². The van der Waals surface area contributed by atoms with E-state index in [9.17, 15) is 10.1 Å². The standard InChI is InChI=1S/C26H34N6O/c1-19-16-21(20(2)32(19)24-8-5-4-6-9-24)17-22(18-27)26(33)31-14-11-23(12-15-31)30(3)25-10-7-13-28-29-25/h7,10,13,16-17,23-24H,4-6,8-9,11-12,14-15H2,1-3H3/b22-17+. The predicted octanol–water partition coefficient (Wildman–Crippen LogP) is 4.43. The van der Waals surface area contributed by atoms with E-state index in [0.29, 0.717) is 25.2 Å². The quantitative estimate of drug-likeness (QED) is 0.501. The van der Waals surface area contributed by atoms with Crippen LogP contribution in [0.15, 0.2) is 30.0 Å². The fraction of sp³-hybridized carbons (Fsp3) is 0.538. The summed E-state index contributed by atoms with van der Waals surface area (Å²) in [6.45, 7) is 5.51. The highest BCUT2D eigenvalue weighted by atomic mass is 16.2. The summed E-state index contributed by atoms with van der Waals surface area (Å²) in [5.41, 5.74) is 3.58. The molecule has 1 saturated carbocycles. The molecule has 0 radical (unpaired) electrons. The molecule has 2 aromatic heterocycles. The van der Waals surface area contributed by atoms with Crippen molar-refractivity contribution in [2.45, 2.75) is 70.9 Å². The molecule has 7 heteroatoms. The largest absolute Gasteiger partial charge is 0.355 e. The Morgan fingerprint density at radius 3 is 2.55 bits per heavy atom. The van der Waals surface area contributed by atoms with Gasteiger partial charge in [-0.2, -0.15) is 10.4 Å². The second kappa shape index (κ2) is 10.2. The number of aryl methyl sites for hydroxylation is 1. The number of nitriles is 1. The molecule has 1 amide bonds. The summed E-state index contributed by atoms with van der Waals surface area (Å²) < 4.78 is 2.41. The van der Waals surface area contributed by atoms with Gasteiger partial charge in [0.2, 0.25) is 0 Å². The fourth-order valence-corrected chi connectivity index (χ4v) is 5.44. The van der Waals surface area contributed by atoms with Crippen LogP contribution in [0.1, 0.15) is 67.9 Å². The number of hydrogen-bond donors (Lipinski definition) is 0. The first-order valence-electron chi connectivity index (χ1n) is 12.1. The molecule has 0 unspecified atom stereocenters. The zero-order chi connectivity index (χ0) is 23.4. The van der Waals surface area contributed by atoms with Crippen LogP contribution >= 0.6 is 0 Å². The number of aromatic nitrogens is 3. The molecular weight excluding hydrogens is 412 g/mol. The van der Waals surface area contributed by atoms with E-state index in [0.717, 1.165) is 29.9 Å². The third-order valence-electron chi connectivity index (χ3n) is 7.33.